The summed E-state index contributed by atoms with van der Waals surface area (Å²) in [5.41, 5.74) is 2.34. The van der Waals surface area contributed by atoms with Gasteiger partial charge >= 0.3 is 0 Å². The lowest BCUT2D eigenvalue weighted by Crippen LogP contribution is -2.42. The number of carbonyl (C=O) groups excluding carboxylic acids is 1. The molecule has 20 heavy (non-hydrogen) atoms. The highest BCUT2D eigenvalue weighted by Crippen LogP contribution is 2.15. The third kappa shape index (κ3) is 4.62. The molecular formula is C16H24N2O2. The molecule has 0 unspecified atom stereocenters. The largest absolute Gasteiger partial charge is 0.377 e. The average molecular weight is 276 g/mol. The van der Waals surface area contributed by atoms with E-state index in [0.717, 1.165) is 25.0 Å². The minimum Gasteiger partial charge on any atom is -0.377 e. The molecule has 1 aliphatic heterocycles. The molecule has 1 amide bonds. The topological polar surface area (TPSA) is 50.4 Å². The summed E-state index contributed by atoms with van der Waals surface area (Å²) in [4.78, 5) is 11.8. The molecule has 1 saturated heterocycles. The van der Waals surface area contributed by atoms with E-state index in [2.05, 4.69) is 36.6 Å². The van der Waals surface area contributed by atoms with Crippen LogP contribution in [0, 0.1) is 6.92 Å². The van der Waals surface area contributed by atoms with Crippen LogP contribution in [0.15, 0.2) is 24.3 Å². The highest BCUT2D eigenvalue weighted by molar-refractivity contribution is 5.78. The zero-order valence-electron chi connectivity index (χ0n) is 12.3. The number of carbonyl (C=O) groups is 1. The van der Waals surface area contributed by atoms with Gasteiger partial charge < -0.3 is 15.4 Å². The standard InChI is InChI=1S/C16H24N2O2/c1-12-5-3-6-14(9-12)10-18-16(19)11-17-13(2)15-7-4-8-20-15/h3,5-6,9,13,15,17H,4,7-8,10-11H2,1-2H3,(H,18,19)/t13-,15+/m0/s1. The molecular weight excluding hydrogens is 252 g/mol. The number of rotatable bonds is 6. The lowest BCUT2D eigenvalue weighted by Gasteiger charge is -2.19. The van der Waals surface area contributed by atoms with Gasteiger partial charge in [0.05, 0.1) is 12.6 Å². The number of amides is 1. The van der Waals surface area contributed by atoms with Crippen molar-refractivity contribution in [1.82, 2.24) is 10.6 Å². The van der Waals surface area contributed by atoms with Crippen LogP contribution in [0.1, 0.15) is 30.9 Å². The van der Waals surface area contributed by atoms with Crippen LogP contribution in [-0.4, -0.2) is 31.2 Å². The zero-order valence-corrected chi connectivity index (χ0v) is 12.3. The first-order valence-corrected chi connectivity index (χ1v) is 7.32. The molecule has 0 aliphatic carbocycles. The van der Waals surface area contributed by atoms with Gasteiger partial charge in [0, 0.05) is 19.2 Å². The van der Waals surface area contributed by atoms with Crippen LogP contribution < -0.4 is 10.6 Å². The van der Waals surface area contributed by atoms with Crippen LogP contribution in [0.3, 0.4) is 0 Å². The predicted molar refractivity (Wildman–Crippen MR) is 79.5 cm³/mol. The second-order valence-electron chi connectivity index (χ2n) is 5.49. The molecule has 0 aromatic heterocycles. The molecule has 1 aliphatic rings. The van der Waals surface area contributed by atoms with Gasteiger partial charge in [-0.2, -0.15) is 0 Å². The molecule has 110 valence electrons. The van der Waals surface area contributed by atoms with E-state index in [-0.39, 0.29) is 18.1 Å². The Balaban J connectivity index is 1.67. The first kappa shape index (κ1) is 15.0. The Kier molecular flexibility index (Phi) is 5.56. The van der Waals surface area contributed by atoms with Gasteiger partial charge in [0.1, 0.15) is 0 Å². The number of ether oxygens (including phenoxy) is 1. The fraction of sp³-hybridized carbons (Fsp3) is 0.562. The molecule has 1 aromatic carbocycles. The van der Waals surface area contributed by atoms with Crippen molar-refractivity contribution in [3.63, 3.8) is 0 Å². The number of hydrogen-bond acceptors (Lipinski definition) is 3. The molecule has 0 radical (unpaired) electrons. The summed E-state index contributed by atoms with van der Waals surface area (Å²) < 4.78 is 5.60. The molecule has 1 fully saturated rings. The fourth-order valence-corrected chi connectivity index (χ4v) is 2.47. The Morgan fingerprint density at radius 3 is 3.05 bits per heavy atom. The van der Waals surface area contributed by atoms with Gasteiger partial charge in [0.15, 0.2) is 0 Å². The molecule has 0 saturated carbocycles. The van der Waals surface area contributed by atoms with Crippen molar-refractivity contribution in [3.05, 3.63) is 35.4 Å². The van der Waals surface area contributed by atoms with Crippen molar-refractivity contribution >= 4 is 5.91 Å². The zero-order chi connectivity index (χ0) is 14.4. The van der Waals surface area contributed by atoms with Crippen LogP contribution in [0.5, 0.6) is 0 Å². The summed E-state index contributed by atoms with van der Waals surface area (Å²) in [5.74, 6) is 0.0244. The van der Waals surface area contributed by atoms with Gasteiger partial charge in [-0.3, -0.25) is 4.79 Å². The van der Waals surface area contributed by atoms with Gasteiger partial charge in [-0.1, -0.05) is 29.8 Å². The predicted octanol–water partition coefficient (Wildman–Crippen LogP) is 1.77. The van der Waals surface area contributed by atoms with Crippen LogP contribution in [0.25, 0.3) is 0 Å². The van der Waals surface area contributed by atoms with Crippen LogP contribution in [0.4, 0.5) is 0 Å². The van der Waals surface area contributed by atoms with Gasteiger partial charge in [0.25, 0.3) is 0 Å². The average Bonchev–Trinajstić information content (AvgIpc) is 2.97. The molecule has 0 spiro atoms. The van der Waals surface area contributed by atoms with Crippen molar-refractivity contribution in [1.29, 1.82) is 0 Å². The summed E-state index contributed by atoms with van der Waals surface area (Å²) in [7, 11) is 0. The van der Waals surface area contributed by atoms with Crippen molar-refractivity contribution in [2.45, 2.75) is 45.4 Å². The SMILES string of the molecule is Cc1cccc(CNC(=O)CN[C@@H](C)[C@H]2CCCO2)c1. The number of benzene rings is 1. The van der Waals surface area contributed by atoms with Gasteiger partial charge in [-0.25, -0.2) is 0 Å². The molecule has 4 nitrogen and oxygen atoms in total. The number of aryl methyl sites for hydroxylation is 1. The van der Waals surface area contributed by atoms with E-state index in [9.17, 15) is 4.79 Å². The van der Waals surface area contributed by atoms with E-state index in [1.807, 2.05) is 12.1 Å². The Morgan fingerprint density at radius 1 is 1.50 bits per heavy atom. The summed E-state index contributed by atoms with van der Waals surface area (Å²) in [5, 5.41) is 6.16. The Hall–Kier alpha value is -1.39. The Bertz CT molecular complexity index is 442. The number of nitrogens with one attached hydrogen (secondary N) is 2. The summed E-state index contributed by atoms with van der Waals surface area (Å²) in [6, 6.07) is 8.39. The molecule has 4 heteroatoms. The first-order valence-electron chi connectivity index (χ1n) is 7.32. The monoisotopic (exact) mass is 276 g/mol. The normalized spacial score (nSPS) is 19.8. The third-order valence-corrected chi connectivity index (χ3v) is 3.68. The van der Waals surface area contributed by atoms with Gasteiger partial charge in [-0.15, -0.1) is 0 Å². The van der Waals surface area contributed by atoms with E-state index in [0.29, 0.717) is 13.1 Å². The second-order valence-corrected chi connectivity index (χ2v) is 5.49. The minimum absolute atomic E-state index is 0.0244. The first-order chi connectivity index (χ1) is 9.65. The molecule has 2 N–H and O–H groups in total. The lowest BCUT2D eigenvalue weighted by molar-refractivity contribution is -0.120. The fourth-order valence-electron chi connectivity index (χ4n) is 2.47. The summed E-state index contributed by atoms with van der Waals surface area (Å²) in [6.45, 7) is 5.89. The summed E-state index contributed by atoms with van der Waals surface area (Å²) in [6.07, 6.45) is 2.45. The molecule has 1 aromatic rings. The maximum Gasteiger partial charge on any atom is 0.234 e. The van der Waals surface area contributed by atoms with E-state index >= 15 is 0 Å². The van der Waals surface area contributed by atoms with Crippen LogP contribution >= 0.6 is 0 Å². The van der Waals surface area contributed by atoms with Crippen LogP contribution in [-0.2, 0) is 16.1 Å². The highest BCUT2D eigenvalue weighted by atomic mass is 16.5. The quantitative estimate of drug-likeness (QED) is 0.832. The smallest absolute Gasteiger partial charge is 0.234 e. The maximum absolute atomic E-state index is 11.8. The minimum atomic E-state index is 0.0244. The Labute approximate surface area is 120 Å². The molecule has 2 atom stereocenters. The van der Waals surface area contributed by atoms with E-state index in [1.54, 1.807) is 0 Å². The van der Waals surface area contributed by atoms with Crippen molar-refractivity contribution in [2.24, 2.45) is 0 Å². The summed E-state index contributed by atoms with van der Waals surface area (Å²) >= 11 is 0. The van der Waals surface area contributed by atoms with Crippen LogP contribution in [0.2, 0.25) is 0 Å². The third-order valence-electron chi connectivity index (χ3n) is 3.68. The van der Waals surface area contributed by atoms with Crippen molar-refractivity contribution in [2.75, 3.05) is 13.2 Å². The van der Waals surface area contributed by atoms with E-state index < -0.39 is 0 Å². The molecule has 1 heterocycles. The number of hydrogen-bond donors (Lipinski definition) is 2. The molecule has 0 bridgehead atoms. The maximum atomic E-state index is 11.8. The highest BCUT2D eigenvalue weighted by Gasteiger charge is 2.22. The second kappa shape index (κ2) is 7.41. The van der Waals surface area contributed by atoms with Crippen molar-refractivity contribution in [3.8, 4) is 0 Å². The Morgan fingerprint density at radius 2 is 2.35 bits per heavy atom. The van der Waals surface area contributed by atoms with Gasteiger partial charge in [-0.05, 0) is 32.3 Å². The van der Waals surface area contributed by atoms with Gasteiger partial charge in [0.2, 0.25) is 5.91 Å². The molecule has 2 rings (SSSR count). The van der Waals surface area contributed by atoms with E-state index in [1.165, 1.54) is 5.56 Å². The lowest BCUT2D eigenvalue weighted by atomic mass is 10.1. The van der Waals surface area contributed by atoms with E-state index in [4.69, 9.17) is 4.74 Å². The van der Waals surface area contributed by atoms with Crippen molar-refractivity contribution < 1.29 is 9.53 Å².